The summed E-state index contributed by atoms with van der Waals surface area (Å²) in [7, 11) is 0. The number of hydrogen-bond donors (Lipinski definition) is 4. The number of benzene rings is 2. The van der Waals surface area contributed by atoms with Crippen LogP contribution in [0.25, 0.3) is 11.3 Å². The van der Waals surface area contributed by atoms with Crippen molar-refractivity contribution in [2.75, 3.05) is 13.2 Å². The van der Waals surface area contributed by atoms with E-state index in [1.807, 2.05) is 30.3 Å². The molecule has 4 N–H and O–H groups in total. The molecule has 1 amide bonds. The molecule has 0 bridgehead atoms. The smallest absolute Gasteiger partial charge is 0.227 e. The maximum absolute atomic E-state index is 13.8. The first-order valence-corrected chi connectivity index (χ1v) is 12.4. The summed E-state index contributed by atoms with van der Waals surface area (Å²) in [6.45, 7) is 1.17. The topological polar surface area (TPSA) is 139 Å². The SMILES string of the molecule is CC(C(=O)N[C@@H]1CCO[C@]12O[C@H](CO)[C@H](O)[C@H](n1cc(-c3cc(F)c(F)c(F)c3)nn1)[C@H]2O)c1ccccc1. The van der Waals surface area contributed by atoms with E-state index in [4.69, 9.17) is 9.47 Å². The van der Waals surface area contributed by atoms with Crippen molar-refractivity contribution in [2.45, 2.75) is 55.4 Å². The highest BCUT2D eigenvalue weighted by atomic mass is 19.2. The van der Waals surface area contributed by atoms with Gasteiger partial charge in [-0.3, -0.25) is 4.79 Å². The van der Waals surface area contributed by atoms with Gasteiger partial charge in [-0.05, 0) is 31.0 Å². The van der Waals surface area contributed by atoms with Crippen molar-refractivity contribution in [3.8, 4) is 11.3 Å². The number of carbonyl (C=O) groups is 1. The second-order valence-electron chi connectivity index (χ2n) is 9.65. The second-order valence-corrected chi connectivity index (χ2v) is 9.65. The molecule has 3 aromatic rings. The van der Waals surface area contributed by atoms with E-state index in [1.165, 1.54) is 6.20 Å². The highest BCUT2D eigenvalue weighted by Gasteiger charge is 2.62. The van der Waals surface area contributed by atoms with Crippen LogP contribution in [0.5, 0.6) is 0 Å². The van der Waals surface area contributed by atoms with Crippen LogP contribution in [0.3, 0.4) is 0 Å². The van der Waals surface area contributed by atoms with E-state index in [9.17, 15) is 33.3 Å². The lowest BCUT2D eigenvalue weighted by Crippen LogP contribution is -2.69. The molecule has 13 heteroatoms. The van der Waals surface area contributed by atoms with E-state index in [0.29, 0.717) is 0 Å². The lowest BCUT2D eigenvalue weighted by molar-refractivity contribution is -0.345. The summed E-state index contributed by atoms with van der Waals surface area (Å²) in [6, 6.07) is 8.38. The Morgan fingerprint density at radius 2 is 1.90 bits per heavy atom. The first-order valence-electron chi connectivity index (χ1n) is 12.4. The summed E-state index contributed by atoms with van der Waals surface area (Å²) in [6.07, 6.45) is -2.93. The summed E-state index contributed by atoms with van der Waals surface area (Å²) < 4.78 is 53.8. The van der Waals surface area contributed by atoms with E-state index in [0.717, 1.165) is 22.4 Å². The molecule has 2 aliphatic heterocycles. The number of nitrogens with one attached hydrogen (secondary N) is 1. The molecule has 2 saturated heterocycles. The molecule has 39 heavy (non-hydrogen) atoms. The van der Waals surface area contributed by atoms with E-state index in [-0.39, 0.29) is 30.2 Å². The molecular formula is C26H27F3N4O6. The molecule has 1 spiro atoms. The Morgan fingerprint density at radius 1 is 1.21 bits per heavy atom. The van der Waals surface area contributed by atoms with Crippen LogP contribution in [0.15, 0.2) is 48.7 Å². The van der Waals surface area contributed by atoms with Gasteiger partial charge in [0, 0.05) is 5.56 Å². The standard InChI is InChI=1S/C26H27F3N4O6/c1-13(14-5-3-2-4-6-14)25(37)30-20-7-8-38-26(20)24(36)22(23(35)19(12-34)39-26)33-11-18(31-32-33)15-9-16(27)21(29)17(28)10-15/h2-6,9-11,13,19-20,22-24,34-36H,7-8,12H2,1H3,(H,30,37)/t13?,19-,20-,22+,23+,24-,26+/m1/s1. The van der Waals surface area contributed by atoms with Gasteiger partial charge in [0.2, 0.25) is 11.7 Å². The molecule has 2 fully saturated rings. The van der Waals surface area contributed by atoms with Crippen LogP contribution >= 0.6 is 0 Å². The van der Waals surface area contributed by atoms with Crippen LogP contribution in [0.4, 0.5) is 13.2 Å². The Morgan fingerprint density at radius 3 is 2.56 bits per heavy atom. The molecule has 208 valence electrons. The summed E-state index contributed by atoms with van der Waals surface area (Å²) in [4.78, 5) is 13.1. The van der Waals surface area contributed by atoms with Gasteiger partial charge in [0.15, 0.2) is 17.5 Å². The van der Waals surface area contributed by atoms with Gasteiger partial charge in [-0.1, -0.05) is 35.5 Å². The van der Waals surface area contributed by atoms with Gasteiger partial charge in [0.25, 0.3) is 0 Å². The number of ether oxygens (including phenoxy) is 2. The molecule has 10 nitrogen and oxygen atoms in total. The predicted octanol–water partition coefficient (Wildman–Crippen LogP) is 1.42. The van der Waals surface area contributed by atoms with Crippen LogP contribution in [-0.2, 0) is 14.3 Å². The minimum atomic E-state index is -1.86. The number of halogens is 3. The first-order chi connectivity index (χ1) is 18.7. The number of aliphatic hydroxyl groups is 3. The Hall–Kier alpha value is -3.36. The maximum atomic E-state index is 13.8. The lowest BCUT2D eigenvalue weighted by Gasteiger charge is -2.49. The molecular weight excluding hydrogens is 521 g/mol. The minimum Gasteiger partial charge on any atom is -0.394 e. The van der Waals surface area contributed by atoms with Crippen molar-refractivity contribution < 1.29 is 42.8 Å². The number of nitrogens with zero attached hydrogens (tertiary/aromatic N) is 3. The highest BCUT2D eigenvalue weighted by Crippen LogP contribution is 2.43. The van der Waals surface area contributed by atoms with Gasteiger partial charge < -0.3 is 30.1 Å². The summed E-state index contributed by atoms with van der Waals surface area (Å²) in [5.74, 6) is -7.22. The average molecular weight is 549 g/mol. The molecule has 1 aromatic heterocycles. The lowest BCUT2D eigenvalue weighted by atomic mass is 9.86. The van der Waals surface area contributed by atoms with Crippen molar-refractivity contribution in [1.82, 2.24) is 20.3 Å². The van der Waals surface area contributed by atoms with Crippen molar-refractivity contribution in [3.63, 3.8) is 0 Å². The normalized spacial score (nSPS) is 29.5. The third-order valence-electron chi connectivity index (χ3n) is 7.31. The quantitative estimate of drug-likeness (QED) is 0.340. The van der Waals surface area contributed by atoms with Gasteiger partial charge in [-0.2, -0.15) is 0 Å². The zero-order chi connectivity index (χ0) is 27.9. The van der Waals surface area contributed by atoms with E-state index in [2.05, 4.69) is 15.6 Å². The molecule has 1 unspecified atom stereocenters. The predicted molar refractivity (Wildman–Crippen MR) is 128 cm³/mol. The maximum Gasteiger partial charge on any atom is 0.227 e. The molecule has 7 atom stereocenters. The summed E-state index contributed by atoms with van der Waals surface area (Å²) in [5, 5.41) is 43.0. The Kier molecular flexibility index (Phi) is 7.44. The zero-order valence-electron chi connectivity index (χ0n) is 20.7. The number of aromatic nitrogens is 3. The van der Waals surface area contributed by atoms with Crippen LogP contribution < -0.4 is 5.32 Å². The molecule has 0 saturated carbocycles. The molecule has 0 aliphatic carbocycles. The van der Waals surface area contributed by atoms with Crippen LogP contribution in [-0.4, -0.2) is 79.6 Å². The Balaban J connectivity index is 1.44. The van der Waals surface area contributed by atoms with Gasteiger partial charge >= 0.3 is 0 Å². The molecule has 0 radical (unpaired) electrons. The molecule has 3 heterocycles. The van der Waals surface area contributed by atoms with Gasteiger partial charge in [0.1, 0.15) is 30.0 Å². The molecule has 2 aliphatic rings. The fraction of sp³-hybridized carbons (Fsp3) is 0.423. The summed E-state index contributed by atoms with van der Waals surface area (Å²) >= 11 is 0. The monoisotopic (exact) mass is 548 g/mol. The number of carbonyl (C=O) groups excluding carboxylic acids is 1. The first kappa shape index (κ1) is 27.2. The van der Waals surface area contributed by atoms with Crippen molar-refractivity contribution in [2.24, 2.45) is 0 Å². The highest BCUT2D eigenvalue weighted by molar-refractivity contribution is 5.83. The fourth-order valence-corrected chi connectivity index (χ4v) is 5.13. The van der Waals surface area contributed by atoms with Crippen LogP contribution in [0.1, 0.15) is 30.9 Å². The average Bonchev–Trinajstić information content (AvgIpc) is 3.57. The molecule has 5 rings (SSSR count). The number of amides is 1. The van der Waals surface area contributed by atoms with Crippen molar-refractivity contribution in [3.05, 3.63) is 71.7 Å². The Bertz CT molecular complexity index is 1320. The number of hydrogen-bond acceptors (Lipinski definition) is 8. The third kappa shape index (κ3) is 4.80. The van der Waals surface area contributed by atoms with E-state index < -0.39 is 66.2 Å². The third-order valence-corrected chi connectivity index (χ3v) is 7.31. The number of aliphatic hydroxyl groups excluding tert-OH is 3. The van der Waals surface area contributed by atoms with Crippen LogP contribution in [0.2, 0.25) is 0 Å². The Labute approximate surface area is 221 Å². The zero-order valence-corrected chi connectivity index (χ0v) is 20.7. The van der Waals surface area contributed by atoms with Gasteiger partial charge in [-0.25, -0.2) is 17.9 Å². The van der Waals surface area contributed by atoms with Gasteiger partial charge in [-0.15, -0.1) is 5.10 Å². The summed E-state index contributed by atoms with van der Waals surface area (Å²) in [5.41, 5.74) is 0.583. The largest absolute Gasteiger partial charge is 0.394 e. The van der Waals surface area contributed by atoms with E-state index in [1.54, 1.807) is 6.92 Å². The van der Waals surface area contributed by atoms with Crippen molar-refractivity contribution >= 4 is 5.91 Å². The molecule has 2 aromatic carbocycles. The van der Waals surface area contributed by atoms with E-state index >= 15 is 0 Å². The fourth-order valence-electron chi connectivity index (χ4n) is 5.13. The van der Waals surface area contributed by atoms with Gasteiger partial charge in [0.05, 0.1) is 31.4 Å². The van der Waals surface area contributed by atoms with Crippen LogP contribution in [0, 0.1) is 17.5 Å². The van der Waals surface area contributed by atoms with Crippen molar-refractivity contribution in [1.29, 1.82) is 0 Å². The minimum absolute atomic E-state index is 0.0674. The number of rotatable bonds is 6. The second kappa shape index (κ2) is 10.7.